The molecule has 0 amide bonds. The lowest BCUT2D eigenvalue weighted by Crippen LogP contribution is -2.31. The van der Waals surface area contributed by atoms with E-state index in [9.17, 15) is 0 Å². The zero-order valence-corrected chi connectivity index (χ0v) is 12.6. The number of allylic oxidation sites excluding steroid dienone is 3. The minimum absolute atomic E-state index is 0.330. The summed E-state index contributed by atoms with van der Waals surface area (Å²) in [7, 11) is 1.85. The van der Waals surface area contributed by atoms with Gasteiger partial charge in [-0.25, -0.2) is 5.43 Å². The Balaban J connectivity index is 2.53. The fourth-order valence-electron chi connectivity index (χ4n) is 2.11. The highest BCUT2D eigenvalue weighted by Crippen LogP contribution is 2.27. The highest BCUT2D eigenvalue weighted by atomic mass is 15.5. The van der Waals surface area contributed by atoms with Crippen molar-refractivity contribution in [1.29, 1.82) is 0 Å². The maximum atomic E-state index is 5.53. The summed E-state index contributed by atoms with van der Waals surface area (Å²) in [5.74, 6) is 0.330. The van der Waals surface area contributed by atoms with Gasteiger partial charge in [0.1, 0.15) is 0 Å². The number of nitrogens with two attached hydrogens (primary N) is 1. The minimum atomic E-state index is 0.330. The Labute approximate surface area is 125 Å². The number of nitrogens with one attached hydrogen (secondary N) is 1. The first kappa shape index (κ1) is 14.9. The van der Waals surface area contributed by atoms with Crippen LogP contribution in [0.15, 0.2) is 65.6 Å². The average molecular weight is 280 g/mol. The van der Waals surface area contributed by atoms with Crippen LogP contribution in [0.25, 0.3) is 5.57 Å². The number of hydrogen-bond acceptors (Lipinski definition) is 4. The highest BCUT2D eigenvalue weighted by molar-refractivity contribution is 5.74. The fraction of sp³-hybridized carbons (Fsp3) is 0.235. The molecule has 4 nitrogen and oxygen atoms in total. The van der Waals surface area contributed by atoms with Gasteiger partial charge in [0.05, 0.1) is 17.0 Å². The van der Waals surface area contributed by atoms with E-state index in [1.807, 2.05) is 36.3 Å². The zero-order chi connectivity index (χ0) is 15.2. The molecule has 3 N–H and O–H groups in total. The first-order valence-corrected chi connectivity index (χ1v) is 6.91. The van der Waals surface area contributed by atoms with Crippen molar-refractivity contribution in [2.45, 2.75) is 13.8 Å². The number of aromatic nitrogens is 1. The van der Waals surface area contributed by atoms with E-state index in [2.05, 4.69) is 35.7 Å². The van der Waals surface area contributed by atoms with Gasteiger partial charge >= 0.3 is 0 Å². The van der Waals surface area contributed by atoms with E-state index in [0.717, 1.165) is 22.5 Å². The Morgan fingerprint density at radius 2 is 2.14 bits per heavy atom. The largest absolute Gasteiger partial charge is 0.403 e. The highest BCUT2D eigenvalue weighted by Gasteiger charge is 2.17. The van der Waals surface area contributed by atoms with Crippen molar-refractivity contribution in [3.8, 4) is 0 Å². The van der Waals surface area contributed by atoms with Gasteiger partial charge in [-0.15, -0.1) is 0 Å². The molecule has 1 heterocycles. The van der Waals surface area contributed by atoms with Gasteiger partial charge in [-0.1, -0.05) is 31.4 Å². The Bertz CT molecular complexity index is 655. The molecule has 0 unspecified atom stereocenters. The summed E-state index contributed by atoms with van der Waals surface area (Å²) in [6, 6.07) is 5.82. The third-order valence-corrected chi connectivity index (χ3v) is 3.14. The summed E-state index contributed by atoms with van der Waals surface area (Å²) in [6.45, 7) is 4.26. The van der Waals surface area contributed by atoms with Crippen LogP contribution in [0, 0.1) is 5.92 Å². The number of hydrazine groups is 1. The van der Waals surface area contributed by atoms with Gasteiger partial charge in [0, 0.05) is 31.2 Å². The van der Waals surface area contributed by atoms with Crippen molar-refractivity contribution in [3.05, 3.63) is 71.3 Å². The first-order valence-electron chi connectivity index (χ1n) is 6.91. The monoisotopic (exact) mass is 280 g/mol. The summed E-state index contributed by atoms with van der Waals surface area (Å²) in [5.41, 5.74) is 18.9. The molecule has 0 spiro atoms. The van der Waals surface area contributed by atoms with Crippen molar-refractivity contribution in [2.75, 3.05) is 7.05 Å². The maximum Gasteiger partial charge on any atom is 0.0786 e. The molecular weight excluding hydrogens is 260 g/mol. The summed E-state index contributed by atoms with van der Waals surface area (Å²) < 4.78 is 0. The standard InChI is InChI=1S/C17H20N4/c1-13(2)15-8-7-14(16-6-4-5-10-20-16)12-17(15)21(19-3)11-9-18/h4-6,9-13,19H,18H2,1-3H3/b11-9-. The molecular formula is C17H20N4. The predicted octanol–water partition coefficient (Wildman–Crippen LogP) is 2.57. The Kier molecular flexibility index (Phi) is 4.81. The molecule has 2 rings (SSSR count). The second-order valence-electron chi connectivity index (χ2n) is 4.91. The summed E-state index contributed by atoms with van der Waals surface area (Å²) in [5, 5.41) is 1.87. The number of hydrogen-bond donors (Lipinski definition) is 2. The number of nitrogens with zero attached hydrogens (tertiary/aromatic N) is 2. The lowest BCUT2D eigenvalue weighted by atomic mass is 9.95. The van der Waals surface area contributed by atoms with Crippen LogP contribution >= 0.6 is 0 Å². The van der Waals surface area contributed by atoms with E-state index in [1.54, 1.807) is 12.4 Å². The van der Waals surface area contributed by atoms with Crippen molar-refractivity contribution < 1.29 is 0 Å². The molecule has 0 aromatic carbocycles. The third kappa shape index (κ3) is 3.33. The number of pyridine rings is 1. The molecule has 1 aliphatic rings. The molecule has 0 saturated heterocycles. The molecule has 21 heavy (non-hydrogen) atoms. The predicted molar refractivity (Wildman–Crippen MR) is 85.3 cm³/mol. The van der Waals surface area contributed by atoms with Crippen LogP contribution in [0.5, 0.6) is 0 Å². The molecule has 0 fully saturated rings. The Hall–Kier alpha value is -2.51. The van der Waals surface area contributed by atoms with Crippen LogP contribution in [0.2, 0.25) is 0 Å². The van der Waals surface area contributed by atoms with E-state index in [4.69, 9.17) is 5.73 Å². The molecule has 1 aliphatic carbocycles. The zero-order valence-electron chi connectivity index (χ0n) is 12.6. The van der Waals surface area contributed by atoms with Gasteiger partial charge in [-0.05, 0) is 24.1 Å². The van der Waals surface area contributed by atoms with Crippen molar-refractivity contribution in [2.24, 2.45) is 11.7 Å². The van der Waals surface area contributed by atoms with E-state index in [1.165, 1.54) is 6.20 Å². The SMILES string of the molecule is CNN(/C=C\N)C1=CC(c2ccccn2)=C=C=C1C(C)C. The summed E-state index contributed by atoms with van der Waals surface area (Å²) in [4.78, 5) is 4.36. The van der Waals surface area contributed by atoms with Gasteiger partial charge in [0.15, 0.2) is 0 Å². The topological polar surface area (TPSA) is 54.2 Å². The Morgan fingerprint density at radius 3 is 2.71 bits per heavy atom. The molecule has 4 heteroatoms. The second kappa shape index (κ2) is 6.78. The molecule has 0 bridgehead atoms. The molecule has 1 aromatic rings. The Morgan fingerprint density at radius 1 is 1.33 bits per heavy atom. The van der Waals surface area contributed by atoms with E-state index < -0.39 is 0 Å². The minimum Gasteiger partial charge on any atom is -0.403 e. The van der Waals surface area contributed by atoms with Crippen LogP contribution in [-0.4, -0.2) is 17.0 Å². The van der Waals surface area contributed by atoms with Gasteiger partial charge in [-0.3, -0.25) is 9.99 Å². The molecule has 0 atom stereocenters. The number of rotatable bonds is 5. The van der Waals surface area contributed by atoms with Crippen LogP contribution in [-0.2, 0) is 0 Å². The van der Waals surface area contributed by atoms with E-state index in [0.29, 0.717) is 5.92 Å². The first-order chi connectivity index (χ1) is 10.2. The van der Waals surface area contributed by atoms with Gasteiger partial charge in [0.2, 0.25) is 0 Å². The normalized spacial score (nSPS) is 14.2. The van der Waals surface area contributed by atoms with Gasteiger partial charge in [-0.2, -0.15) is 0 Å². The molecule has 1 aromatic heterocycles. The van der Waals surface area contributed by atoms with Crippen LogP contribution in [0.4, 0.5) is 0 Å². The fourth-order valence-corrected chi connectivity index (χ4v) is 2.11. The second-order valence-corrected chi connectivity index (χ2v) is 4.91. The average Bonchev–Trinajstić information content (AvgIpc) is 2.52. The maximum absolute atomic E-state index is 5.53. The lowest BCUT2D eigenvalue weighted by Gasteiger charge is -2.26. The van der Waals surface area contributed by atoms with Crippen molar-refractivity contribution >= 4 is 5.57 Å². The van der Waals surface area contributed by atoms with E-state index in [-0.39, 0.29) is 0 Å². The smallest absolute Gasteiger partial charge is 0.0786 e. The summed E-state index contributed by atoms with van der Waals surface area (Å²) >= 11 is 0. The van der Waals surface area contributed by atoms with Crippen LogP contribution in [0.1, 0.15) is 19.5 Å². The lowest BCUT2D eigenvalue weighted by molar-refractivity contribution is 0.373. The van der Waals surface area contributed by atoms with Gasteiger partial charge < -0.3 is 5.73 Å². The molecule has 0 radical (unpaired) electrons. The summed E-state index contributed by atoms with van der Waals surface area (Å²) in [6.07, 6.45) is 7.09. The molecule has 0 saturated carbocycles. The third-order valence-electron chi connectivity index (χ3n) is 3.14. The van der Waals surface area contributed by atoms with Crippen molar-refractivity contribution in [1.82, 2.24) is 15.4 Å². The van der Waals surface area contributed by atoms with Crippen molar-refractivity contribution in [3.63, 3.8) is 0 Å². The quantitative estimate of drug-likeness (QED) is 0.643. The van der Waals surface area contributed by atoms with Crippen LogP contribution in [0.3, 0.4) is 0 Å². The molecule has 0 aliphatic heterocycles. The molecule has 108 valence electrons. The van der Waals surface area contributed by atoms with E-state index >= 15 is 0 Å². The van der Waals surface area contributed by atoms with Crippen LogP contribution < -0.4 is 11.2 Å². The van der Waals surface area contributed by atoms with Gasteiger partial charge in [0.25, 0.3) is 0 Å².